The van der Waals surface area contributed by atoms with Crippen molar-refractivity contribution in [2.45, 2.75) is 78.6 Å². The van der Waals surface area contributed by atoms with Gasteiger partial charge in [-0.05, 0) is 84.8 Å². The van der Waals surface area contributed by atoms with Crippen molar-refractivity contribution in [2.24, 2.45) is 5.92 Å². The van der Waals surface area contributed by atoms with E-state index in [-0.39, 0.29) is 0 Å². The number of hydrogen-bond donors (Lipinski definition) is 0. The van der Waals surface area contributed by atoms with Crippen LogP contribution in [0.2, 0.25) is 0 Å². The van der Waals surface area contributed by atoms with E-state index in [1.165, 1.54) is 59.9 Å². The van der Waals surface area contributed by atoms with Crippen LogP contribution in [0.4, 0.5) is 0 Å². The number of hydrogen-bond acceptors (Lipinski definition) is 1. The van der Waals surface area contributed by atoms with Crippen molar-refractivity contribution in [3.8, 4) is 0 Å². The molecular weight excluding hydrogens is 328 g/mol. The monoisotopic (exact) mass is 366 g/mol. The first-order valence-electron chi connectivity index (χ1n) is 10.8. The summed E-state index contributed by atoms with van der Waals surface area (Å²) in [6.45, 7) is 14.3. The fraction of sp³-hybridized carbons (Fsp3) is 0.538. The van der Waals surface area contributed by atoms with Crippen molar-refractivity contribution in [1.29, 1.82) is 0 Å². The molecule has 0 radical (unpaired) electrons. The highest BCUT2D eigenvalue weighted by molar-refractivity contribution is 5.34. The zero-order chi connectivity index (χ0) is 19.6. The minimum atomic E-state index is 0.666. The Morgan fingerprint density at radius 3 is 2.74 bits per heavy atom. The van der Waals surface area contributed by atoms with Gasteiger partial charge in [-0.3, -0.25) is 0 Å². The molecule has 2 unspecified atom stereocenters. The van der Waals surface area contributed by atoms with Crippen LogP contribution in [0.25, 0.3) is 0 Å². The maximum absolute atomic E-state index is 5.38. The molecular formula is C26H38O. The predicted molar refractivity (Wildman–Crippen MR) is 118 cm³/mol. The van der Waals surface area contributed by atoms with Gasteiger partial charge in [0.05, 0.1) is 12.9 Å². The Labute approximate surface area is 167 Å². The summed E-state index contributed by atoms with van der Waals surface area (Å²) < 4.78 is 5.38. The average Bonchev–Trinajstić information content (AvgIpc) is 2.64. The van der Waals surface area contributed by atoms with Crippen LogP contribution in [0.1, 0.15) is 81.9 Å². The van der Waals surface area contributed by atoms with E-state index in [1.54, 1.807) is 6.26 Å². The minimum Gasteiger partial charge on any atom is -0.501 e. The molecule has 0 spiro atoms. The Morgan fingerprint density at radius 1 is 1.19 bits per heavy atom. The smallest absolute Gasteiger partial charge is 0.0913 e. The maximum atomic E-state index is 5.38. The molecule has 0 amide bonds. The van der Waals surface area contributed by atoms with Gasteiger partial charge in [0, 0.05) is 6.42 Å². The van der Waals surface area contributed by atoms with Crippen molar-refractivity contribution in [2.75, 3.05) is 6.61 Å². The predicted octanol–water partition coefficient (Wildman–Crippen LogP) is 7.66. The summed E-state index contributed by atoms with van der Waals surface area (Å²) in [5.74, 6) is 1.38. The number of aryl methyl sites for hydroxylation is 2. The van der Waals surface area contributed by atoms with Gasteiger partial charge in [0.15, 0.2) is 0 Å². The van der Waals surface area contributed by atoms with Gasteiger partial charge in [0.1, 0.15) is 0 Å². The Bertz CT molecular complexity index is 665. The van der Waals surface area contributed by atoms with Crippen LogP contribution in [0.15, 0.2) is 54.3 Å². The van der Waals surface area contributed by atoms with Crippen molar-refractivity contribution in [3.05, 3.63) is 71.0 Å². The zero-order valence-electron chi connectivity index (χ0n) is 17.9. The summed E-state index contributed by atoms with van der Waals surface area (Å²) in [4.78, 5) is 0. The Hall–Kier alpha value is -1.76. The van der Waals surface area contributed by atoms with Gasteiger partial charge in [-0.15, -0.1) is 0 Å². The molecule has 2 atom stereocenters. The molecule has 0 N–H and O–H groups in total. The number of allylic oxidation sites excluding steroid dienone is 3. The van der Waals surface area contributed by atoms with Crippen LogP contribution < -0.4 is 0 Å². The molecule has 0 aromatic heterocycles. The van der Waals surface area contributed by atoms with Gasteiger partial charge in [-0.25, -0.2) is 0 Å². The lowest BCUT2D eigenvalue weighted by Crippen LogP contribution is -2.07. The second-order valence-electron chi connectivity index (χ2n) is 8.17. The lowest BCUT2D eigenvalue weighted by molar-refractivity contribution is 0.253. The third kappa shape index (κ3) is 6.72. The van der Waals surface area contributed by atoms with Gasteiger partial charge >= 0.3 is 0 Å². The van der Waals surface area contributed by atoms with Gasteiger partial charge in [0.2, 0.25) is 0 Å². The molecule has 0 saturated heterocycles. The molecule has 1 aliphatic heterocycles. The summed E-state index contributed by atoms with van der Waals surface area (Å²) in [6.07, 6.45) is 14.2. The normalized spacial score (nSPS) is 20.0. The van der Waals surface area contributed by atoms with Gasteiger partial charge < -0.3 is 4.74 Å². The quantitative estimate of drug-likeness (QED) is 0.436. The third-order valence-electron chi connectivity index (χ3n) is 5.90. The lowest BCUT2D eigenvalue weighted by atomic mass is 9.83. The Morgan fingerprint density at radius 2 is 2.00 bits per heavy atom. The van der Waals surface area contributed by atoms with Crippen molar-refractivity contribution < 1.29 is 4.74 Å². The Balaban J connectivity index is 1.97. The van der Waals surface area contributed by atoms with Crippen molar-refractivity contribution in [1.82, 2.24) is 0 Å². The molecule has 27 heavy (non-hydrogen) atoms. The van der Waals surface area contributed by atoms with Gasteiger partial charge in [-0.2, -0.15) is 0 Å². The fourth-order valence-electron chi connectivity index (χ4n) is 4.03. The maximum Gasteiger partial charge on any atom is 0.0913 e. The van der Waals surface area contributed by atoms with E-state index in [0.29, 0.717) is 11.8 Å². The molecule has 148 valence electrons. The highest BCUT2D eigenvalue weighted by atomic mass is 16.5. The highest BCUT2D eigenvalue weighted by Gasteiger charge is 2.16. The van der Waals surface area contributed by atoms with Crippen LogP contribution in [0.5, 0.6) is 0 Å². The molecule has 1 aromatic rings. The molecule has 2 rings (SSSR count). The molecule has 1 aromatic carbocycles. The van der Waals surface area contributed by atoms with Crippen LogP contribution in [0, 0.1) is 12.8 Å². The standard InChI is InChI=1S/C26H38O/c1-6-9-25-19-26(14-12-21(25)4)23(7-2)18-20(3)11-13-24-10-8-16-27-17-15-22(24)5/h8,10,12,14,16,19-20,23H,5-7,9,11,13,15,17-18H2,1-4H3/b16-8-,24-10-. The van der Waals surface area contributed by atoms with E-state index in [0.717, 1.165) is 19.4 Å². The van der Waals surface area contributed by atoms with E-state index in [2.05, 4.69) is 58.5 Å². The zero-order valence-corrected chi connectivity index (χ0v) is 17.9. The van der Waals surface area contributed by atoms with Gasteiger partial charge in [0.25, 0.3) is 0 Å². The first-order chi connectivity index (χ1) is 13.0. The number of rotatable bonds is 9. The summed E-state index contributed by atoms with van der Waals surface area (Å²) in [7, 11) is 0. The molecule has 0 aliphatic carbocycles. The van der Waals surface area contributed by atoms with Crippen LogP contribution in [0.3, 0.4) is 0 Å². The van der Waals surface area contributed by atoms with Crippen molar-refractivity contribution >= 4 is 0 Å². The molecule has 1 heterocycles. The van der Waals surface area contributed by atoms with E-state index in [9.17, 15) is 0 Å². The molecule has 0 fully saturated rings. The average molecular weight is 367 g/mol. The first-order valence-corrected chi connectivity index (χ1v) is 10.8. The fourth-order valence-corrected chi connectivity index (χ4v) is 4.03. The lowest BCUT2D eigenvalue weighted by Gasteiger charge is -2.22. The molecule has 1 heteroatoms. The van der Waals surface area contributed by atoms with E-state index in [4.69, 9.17) is 4.74 Å². The second kappa shape index (κ2) is 11.2. The molecule has 1 nitrogen and oxygen atoms in total. The topological polar surface area (TPSA) is 9.23 Å². The largest absolute Gasteiger partial charge is 0.501 e. The number of benzene rings is 1. The van der Waals surface area contributed by atoms with E-state index in [1.807, 2.05) is 6.08 Å². The van der Waals surface area contributed by atoms with Crippen molar-refractivity contribution in [3.63, 3.8) is 0 Å². The second-order valence-corrected chi connectivity index (χ2v) is 8.17. The highest BCUT2D eigenvalue weighted by Crippen LogP contribution is 2.32. The SMILES string of the molecule is C=C1CCO/C=C\C=C/1CCC(C)CC(CC)c1ccc(C)c(CCC)c1. The Kier molecular flexibility index (Phi) is 8.91. The van der Waals surface area contributed by atoms with E-state index < -0.39 is 0 Å². The summed E-state index contributed by atoms with van der Waals surface area (Å²) >= 11 is 0. The van der Waals surface area contributed by atoms with Crippen LogP contribution in [-0.2, 0) is 11.2 Å². The summed E-state index contributed by atoms with van der Waals surface area (Å²) in [6, 6.07) is 7.16. The molecule has 0 saturated carbocycles. The summed E-state index contributed by atoms with van der Waals surface area (Å²) in [5, 5.41) is 0. The van der Waals surface area contributed by atoms with Crippen LogP contribution in [-0.4, -0.2) is 6.61 Å². The third-order valence-corrected chi connectivity index (χ3v) is 5.90. The van der Waals surface area contributed by atoms with Gasteiger partial charge in [-0.1, -0.05) is 58.0 Å². The molecule has 1 aliphatic rings. The first kappa shape index (κ1) is 21.5. The number of ether oxygens (including phenoxy) is 1. The van der Waals surface area contributed by atoms with Crippen LogP contribution >= 0.6 is 0 Å². The van der Waals surface area contributed by atoms with E-state index >= 15 is 0 Å². The molecule has 0 bridgehead atoms. The minimum absolute atomic E-state index is 0.666. The summed E-state index contributed by atoms with van der Waals surface area (Å²) in [5.41, 5.74) is 7.14.